The number of rotatable bonds is 7. The molecule has 6 nitrogen and oxygen atoms in total. The van der Waals surface area contributed by atoms with Gasteiger partial charge >= 0.3 is 0 Å². The summed E-state index contributed by atoms with van der Waals surface area (Å²) in [5, 5.41) is 14.2. The number of halogens is 1. The maximum Gasteiger partial charge on any atom is 0.214 e. The molecule has 0 fully saturated rings. The number of anilines is 1. The molecule has 5 aromatic carbocycles. The van der Waals surface area contributed by atoms with E-state index in [4.69, 9.17) is 21.2 Å². The number of nitrogens with zero attached hydrogens (tertiary/aromatic N) is 4. The predicted octanol–water partition coefficient (Wildman–Crippen LogP) is 8.29. The maximum absolute atomic E-state index is 6.73. The summed E-state index contributed by atoms with van der Waals surface area (Å²) < 4.78 is 7.11. The summed E-state index contributed by atoms with van der Waals surface area (Å²) in [7, 11) is 1.90. The van der Waals surface area contributed by atoms with Gasteiger partial charge < -0.3 is 9.84 Å². The minimum absolute atomic E-state index is 0.510. The summed E-state index contributed by atoms with van der Waals surface area (Å²) in [6.07, 6.45) is 1.32. The van der Waals surface area contributed by atoms with E-state index in [0.29, 0.717) is 10.8 Å². The molecule has 0 atom stereocenters. The first-order valence-corrected chi connectivity index (χ1v) is 14.0. The van der Waals surface area contributed by atoms with Crippen molar-refractivity contribution >= 4 is 28.3 Å². The van der Waals surface area contributed by atoms with Crippen LogP contribution >= 0.6 is 11.6 Å². The number of nitrogens with one attached hydrogen (secondary N) is 1. The molecule has 0 saturated carbocycles. The highest BCUT2D eigenvalue weighted by molar-refractivity contribution is 6.33. The van der Waals surface area contributed by atoms with E-state index in [0.717, 1.165) is 50.1 Å². The lowest BCUT2D eigenvalue weighted by atomic mass is 9.77. The van der Waals surface area contributed by atoms with E-state index in [9.17, 15) is 0 Å². The molecule has 0 aliphatic heterocycles. The zero-order valence-corrected chi connectivity index (χ0v) is 23.5. The minimum atomic E-state index is -0.741. The molecule has 2 heterocycles. The summed E-state index contributed by atoms with van der Waals surface area (Å²) in [4.78, 5) is 4.20. The smallest absolute Gasteiger partial charge is 0.214 e. The van der Waals surface area contributed by atoms with Gasteiger partial charge in [0.25, 0.3) is 0 Å². The number of hydrogen-bond donors (Lipinski definition) is 1. The van der Waals surface area contributed by atoms with Crippen molar-refractivity contribution in [3.63, 3.8) is 0 Å². The Morgan fingerprint density at radius 3 is 1.86 bits per heavy atom. The van der Waals surface area contributed by atoms with E-state index in [1.165, 1.54) is 6.39 Å². The second-order valence-electron chi connectivity index (χ2n) is 10.0. The van der Waals surface area contributed by atoms with Crippen LogP contribution in [0.25, 0.3) is 33.4 Å². The van der Waals surface area contributed by atoms with Crippen molar-refractivity contribution in [3.05, 3.63) is 156 Å². The fraction of sp³-hybridized carbons (Fsp3) is 0.0571. The summed E-state index contributed by atoms with van der Waals surface area (Å²) in [5.74, 6) is 1.28. The Morgan fingerprint density at radius 1 is 0.714 bits per heavy atom. The Morgan fingerprint density at radius 2 is 1.31 bits per heavy atom. The molecule has 0 aliphatic carbocycles. The maximum atomic E-state index is 6.73. The lowest BCUT2D eigenvalue weighted by Crippen LogP contribution is -2.38. The van der Waals surface area contributed by atoms with Crippen LogP contribution in [0.2, 0.25) is 5.02 Å². The van der Waals surface area contributed by atoms with Crippen LogP contribution in [-0.4, -0.2) is 27.0 Å². The molecule has 0 aliphatic rings. The van der Waals surface area contributed by atoms with Crippen LogP contribution in [0.5, 0.6) is 0 Å². The fourth-order valence-electron chi connectivity index (χ4n) is 5.81. The number of benzene rings is 5. The average molecular weight is 568 g/mol. The van der Waals surface area contributed by atoms with E-state index < -0.39 is 5.54 Å². The van der Waals surface area contributed by atoms with Gasteiger partial charge in [0.1, 0.15) is 5.54 Å². The lowest BCUT2D eigenvalue weighted by Gasteiger charge is -2.37. The van der Waals surface area contributed by atoms with Gasteiger partial charge in [-0.2, -0.15) is 10.1 Å². The molecule has 0 spiro atoms. The van der Waals surface area contributed by atoms with E-state index in [1.807, 2.05) is 43.4 Å². The molecular formula is C35H26ClN5O. The Labute approximate surface area is 248 Å². The lowest BCUT2D eigenvalue weighted by molar-refractivity contribution is 0.419. The van der Waals surface area contributed by atoms with Crippen molar-refractivity contribution in [1.82, 2.24) is 19.9 Å². The summed E-state index contributed by atoms with van der Waals surface area (Å²) in [6, 6.07) is 43.7. The highest BCUT2D eigenvalue weighted by Gasteiger charge is 2.40. The van der Waals surface area contributed by atoms with E-state index >= 15 is 0 Å². The molecule has 0 radical (unpaired) electrons. The minimum Gasteiger partial charge on any atom is -0.371 e. The molecule has 7 rings (SSSR count). The quantitative estimate of drug-likeness (QED) is 0.196. The zero-order chi connectivity index (χ0) is 28.5. The number of hydrogen-bond acceptors (Lipinski definition) is 5. The van der Waals surface area contributed by atoms with Crippen molar-refractivity contribution in [2.45, 2.75) is 5.54 Å². The molecule has 204 valence electrons. The Balaban J connectivity index is 1.51. The van der Waals surface area contributed by atoms with Gasteiger partial charge in [-0.3, -0.25) is 0 Å². The van der Waals surface area contributed by atoms with Crippen LogP contribution in [0, 0.1) is 0 Å². The molecule has 7 heteroatoms. The van der Waals surface area contributed by atoms with Crippen LogP contribution < -0.4 is 5.32 Å². The monoisotopic (exact) mass is 567 g/mol. The molecule has 0 amide bonds. The highest BCUT2D eigenvalue weighted by Crippen LogP contribution is 2.44. The Bertz CT molecular complexity index is 1870. The predicted molar refractivity (Wildman–Crippen MR) is 168 cm³/mol. The summed E-state index contributed by atoms with van der Waals surface area (Å²) >= 11 is 6.73. The molecule has 7 aromatic rings. The third-order valence-corrected chi connectivity index (χ3v) is 8.04. The normalized spacial score (nSPS) is 11.6. The zero-order valence-electron chi connectivity index (χ0n) is 22.8. The molecular weight excluding hydrogens is 542 g/mol. The topological polar surface area (TPSA) is 68.8 Å². The molecule has 0 bridgehead atoms. The van der Waals surface area contributed by atoms with Gasteiger partial charge in [0.05, 0.1) is 5.52 Å². The van der Waals surface area contributed by atoms with Gasteiger partial charge in [-0.05, 0) is 52.6 Å². The first-order valence-electron chi connectivity index (χ1n) is 13.6. The largest absolute Gasteiger partial charge is 0.371 e. The second kappa shape index (κ2) is 10.7. The third-order valence-electron chi connectivity index (χ3n) is 7.71. The molecule has 0 unspecified atom stereocenters. The van der Waals surface area contributed by atoms with Crippen molar-refractivity contribution in [3.8, 4) is 22.5 Å². The van der Waals surface area contributed by atoms with Crippen LogP contribution in [0.4, 0.5) is 5.82 Å². The van der Waals surface area contributed by atoms with E-state index in [1.54, 1.807) is 0 Å². The van der Waals surface area contributed by atoms with Gasteiger partial charge in [0, 0.05) is 28.6 Å². The van der Waals surface area contributed by atoms with Gasteiger partial charge in [-0.1, -0.05) is 114 Å². The number of aromatic nitrogens is 4. The van der Waals surface area contributed by atoms with Crippen LogP contribution in [0.1, 0.15) is 16.7 Å². The SMILES string of the molecule is CNc1nn(C(c2ccccc2)(c2ccccc2)c2ccccc2)c2ccc(-c3cc(-c4ncon4)ccc3Cl)cc12. The van der Waals surface area contributed by atoms with Gasteiger partial charge in [0.15, 0.2) is 5.82 Å². The third kappa shape index (κ3) is 4.16. The van der Waals surface area contributed by atoms with Gasteiger partial charge in [0.2, 0.25) is 12.2 Å². The van der Waals surface area contributed by atoms with Crippen molar-refractivity contribution in [2.75, 3.05) is 12.4 Å². The average Bonchev–Trinajstić information content (AvgIpc) is 3.72. The van der Waals surface area contributed by atoms with Crippen molar-refractivity contribution in [1.29, 1.82) is 0 Å². The van der Waals surface area contributed by atoms with Crippen LogP contribution in [0.3, 0.4) is 0 Å². The van der Waals surface area contributed by atoms with Crippen molar-refractivity contribution < 1.29 is 4.52 Å². The standard InChI is InChI=1S/C35H26ClN5O/c1-37-34-30-21-24(29-22-25(17-19-31(29)36)33-38-23-42-40-33)18-20-32(30)41(39-34)35(26-11-5-2-6-12-26,27-13-7-3-8-14-27)28-15-9-4-10-16-28/h2-23H,1H3,(H,37,39). The fourth-order valence-corrected chi connectivity index (χ4v) is 6.04. The highest BCUT2D eigenvalue weighted by atomic mass is 35.5. The molecule has 42 heavy (non-hydrogen) atoms. The van der Waals surface area contributed by atoms with Crippen LogP contribution in [0.15, 0.2) is 138 Å². The molecule has 1 N–H and O–H groups in total. The summed E-state index contributed by atoms with van der Waals surface area (Å²) in [5.41, 5.74) is 6.21. The van der Waals surface area contributed by atoms with Crippen LogP contribution in [-0.2, 0) is 5.54 Å². The Hall–Kier alpha value is -5.20. The van der Waals surface area contributed by atoms with E-state index in [2.05, 4.69) is 111 Å². The van der Waals surface area contributed by atoms with Crippen molar-refractivity contribution in [2.24, 2.45) is 0 Å². The Kier molecular flexibility index (Phi) is 6.53. The van der Waals surface area contributed by atoms with E-state index in [-0.39, 0.29) is 0 Å². The first-order chi connectivity index (χ1) is 20.7. The molecule has 2 aromatic heterocycles. The second-order valence-corrected chi connectivity index (χ2v) is 10.4. The van der Waals surface area contributed by atoms with Gasteiger partial charge in [-0.25, -0.2) is 4.68 Å². The summed E-state index contributed by atoms with van der Waals surface area (Å²) in [6.45, 7) is 0. The molecule has 0 saturated heterocycles. The van der Waals surface area contributed by atoms with Gasteiger partial charge in [-0.15, -0.1) is 0 Å². The number of fused-ring (bicyclic) bond motifs is 1. The first kappa shape index (κ1) is 25.7.